The molecule has 0 N–H and O–H groups in total. The summed E-state index contributed by atoms with van der Waals surface area (Å²) in [5, 5.41) is 0. The Bertz CT molecular complexity index is 420. The third-order valence-corrected chi connectivity index (χ3v) is 5.19. The SMILES string of the molecule is CC(C)C(=O)CN1CCC(OC2CCN(C(=O)C(C)C)CC2)CC1. The van der Waals surface area contributed by atoms with Gasteiger partial charge in [-0.1, -0.05) is 27.7 Å². The van der Waals surface area contributed by atoms with Crippen LogP contribution in [-0.2, 0) is 14.3 Å². The Morgan fingerprint density at radius 3 is 1.83 bits per heavy atom. The van der Waals surface area contributed by atoms with E-state index >= 15 is 0 Å². The molecule has 24 heavy (non-hydrogen) atoms. The van der Waals surface area contributed by atoms with E-state index in [1.807, 2.05) is 32.6 Å². The van der Waals surface area contributed by atoms with Gasteiger partial charge < -0.3 is 9.64 Å². The number of carbonyl (C=O) groups excluding carboxylic acids is 2. The van der Waals surface area contributed by atoms with Crippen LogP contribution in [0, 0.1) is 11.8 Å². The average molecular weight is 338 g/mol. The molecular formula is C19H34N2O3. The summed E-state index contributed by atoms with van der Waals surface area (Å²) < 4.78 is 6.27. The molecule has 2 aliphatic heterocycles. The minimum Gasteiger partial charge on any atom is -0.375 e. The molecule has 0 aromatic heterocycles. The summed E-state index contributed by atoms with van der Waals surface area (Å²) in [7, 11) is 0. The summed E-state index contributed by atoms with van der Waals surface area (Å²) in [5.41, 5.74) is 0. The highest BCUT2D eigenvalue weighted by atomic mass is 16.5. The fraction of sp³-hybridized carbons (Fsp3) is 0.895. The lowest BCUT2D eigenvalue weighted by molar-refractivity contribution is -0.138. The number of rotatable bonds is 6. The van der Waals surface area contributed by atoms with Crippen molar-refractivity contribution >= 4 is 11.7 Å². The number of nitrogens with zero attached hydrogens (tertiary/aromatic N) is 2. The molecule has 1 amide bonds. The summed E-state index contributed by atoms with van der Waals surface area (Å²) in [6.45, 7) is 12.0. The average Bonchev–Trinajstić information content (AvgIpc) is 2.56. The van der Waals surface area contributed by atoms with Gasteiger partial charge in [-0.05, 0) is 25.7 Å². The van der Waals surface area contributed by atoms with Crippen LogP contribution >= 0.6 is 0 Å². The molecule has 2 heterocycles. The number of amides is 1. The van der Waals surface area contributed by atoms with Crippen LogP contribution in [0.3, 0.4) is 0 Å². The predicted octanol–water partition coefficient (Wildman–Crippen LogP) is 2.34. The molecule has 0 aromatic rings. The highest BCUT2D eigenvalue weighted by Crippen LogP contribution is 2.22. The standard InChI is InChI=1S/C19H34N2O3/c1-14(2)18(22)13-20-9-5-16(6-10-20)24-17-7-11-21(12-8-17)19(23)15(3)4/h14-17H,5-13H2,1-4H3. The van der Waals surface area contributed by atoms with Gasteiger partial charge in [-0.2, -0.15) is 0 Å². The molecule has 5 heteroatoms. The second kappa shape index (κ2) is 8.95. The van der Waals surface area contributed by atoms with Crippen molar-refractivity contribution in [3.8, 4) is 0 Å². The lowest BCUT2D eigenvalue weighted by Crippen LogP contribution is -2.45. The zero-order valence-electron chi connectivity index (χ0n) is 15.8. The summed E-state index contributed by atoms with van der Waals surface area (Å²) >= 11 is 0. The van der Waals surface area contributed by atoms with Crippen LogP contribution in [0.25, 0.3) is 0 Å². The van der Waals surface area contributed by atoms with Crippen LogP contribution in [0.1, 0.15) is 53.4 Å². The van der Waals surface area contributed by atoms with Gasteiger partial charge >= 0.3 is 0 Å². The van der Waals surface area contributed by atoms with E-state index in [0.29, 0.717) is 18.4 Å². The molecule has 2 saturated heterocycles. The molecule has 0 bridgehead atoms. The third kappa shape index (κ3) is 5.55. The highest BCUT2D eigenvalue weighted by Gasteiger charge is 2.28. The number of piperidine rings is 2. The zero-order chi connectivity index (χ0) is 17.7. The number of hydrogen-bond donors (Lipinski definition) is 0. The van der Waals surface area contributed by atoms with Crippen LogP contribution in [-0.4, -0.2) is 66.4 Å². The Kier molecular flexibility index (Phi) is 7.23. The molecule has 138 valence electrons. The highest BCUT2D eigenvalue weighted by molar-refractivity contribution is 5.82. The largest absolute Gasteiger partial charge is 0.375 e. The molecule has 0 atom stereocenters. The van der Waals surface area contributed by atoms with E-state index in [1.54, 1.807) is 0 Å². The lowest BCUT2D eigenvalue weighted by Gasteiger charge is -2.37. The van der Waals surface area contributed by atoms with Crippen molar-refractivity contribution in [3.05, 3.63) is 0 Å². The van der Waals surface area contributed by atoms with Crippen molar-refractivity contribution in [3.63, 3.8) is 0 Å². The van der Waals surface area contributed by atoms with E-state index in [0.717, 1.165) is 51.9 Å². The van der Waals surface area contributed by atoms with Gasteiger partial charge in [0, 0.05) is 38.0 Å². The normalized spacial score (nSPS) is 21.7. The molecular weight excluding hydrogens is 304 g/mol. The maximum absolute atomic E-state index is 12.0. The second-order valence-electron chi connectivity index (χ2n) is 7.91. The Hall–Kier alpha value is -0.940. The molecule has 0 aliphatic carbocycles. The fourth-order valence-corrected chi connectivity index (χ4v) is 3.46. The number of likely N-dealkylation sites (tertiary alicyclic amines) is 2. The quantitative estimate of drug-likeness (QED) is 0.746. The van der Waals surface area contributed by atoms with Gasteiger partial charge in [-0.15, -0.1) is 0 Å². The van der Waals surface area contributed by atoms with Crippen LogP contribution in [0.2, 0.25) is 0 Å². The van der Waals surface area contributed by atoms with Gasteiger partial charge in [0.25, 0.3) is 0 Å². The van der Waals surface area contributed by atoms with E-state index in [-0.39, 0.29) is 23.8 Å². The molecule has 0 spiro atoms. The first-order chi connectivity index (χ1) is 11.4. The third-order valence-electron chi connectivity index (χ3n) is 5.19. The topological polar surface area (TPSA) is 49.9 Å². The first-order valence-electron chi connectivity index (χ1n) is 9.56. The molecule has 0 saturated carbocycles. The maximum atomic E-state index is 12.0. The summed E-state index contributed by atoms with van der Waals surface area (Å²) in [6, 6.07) is 0. The van der Waals surface area contributed by atoms with Crippen LogP contribution in [0.5, 0.6) is 0 Å². The maximum Gasteiger partial charge on any atom is 0.225 e. The van der Waals surface area contributed by atoms with Gasteiger partial charge in [-0.3, -0.25) is 14.5 Å². The Morgan fingerprint density at radius 1 is 0.875 bits per heavy atom. The van der Waals surface area contributed by atoms with Crippen LogP contribution < -0.4 is 0 Å². The summed E-state index contributed by atoms with van der Waals surface area (Å²) in [6.07, 6.45) is 4.52. The van der Waals surface area contributed by atoms with Gasteiger partial charge in [0.1, 0.15) is 5.78 Å². The number of Topliss-reactive ketones (excluding diaryl/α,β-unsaturated/α-hetero) is 1. The molecule has 2 rings (SSSR count). The van der Waals surface area contributed by atoms with Crippen LogP contribution in [0.4, 0.5) is 0 Å². The minimum atomic E-state index is 0.0837. The first kappa shape index (κ1) is 19.4. The molecule has 2 aliphatic rings. The van der Waals surface area contributed by atoms with Crippen molar-refractivity contribution in [1.82, 2.24) is 9.80 Å². The van der Waals surface area contributed by atoms with Crippen molar-refractivity contribution < 1.29 is 14.3 Å². The van der Waals surface area contributed by atoms with E-state index in [2.05, 4.69) is 4.90 Å². The van der Waals surface area contributed by atoms with E-state index in [4.69, 9.17) is 4.74 Å². The smallest absolute Gasteiger partial charge is 0.225 e. The molecule has 2 fully saturated rings. The molecule has 0 unspecified atom stereocenters. The number of ether oxygens (including phenoxy) is 1. The first-order valence-corrected chi connectivity index (χ1v) is 9.56. The van der Waals surface area contributed by atoms with Gasteiger partial charge in [0.15, 0.2) is 0 Å². The zero-order valence-corrected chi connectivity index (χ0v) is 15.8. The van der Waals surface area contributed by atoms with Gasteiger partial charge in [0.2, 0.25) is 5.91 Å². The Labute approximate surface area is 146 Å². The van der Waals surface area contributed by atoms with Gasteiger partial charge in [0.05, 0.1) is 18.8 Å². The van der Waals surface area contributed by atoms with Crippen molar-refractivity contribution in [2.24, 2.45) is 11.8 Å². The lowest BCUT2D eigenvalue weighted by atomic mass is 10.0. The molecule has 5 nitrogen and oxygen atoms in total. The van der Waals surface area contributed by atoms with E-state index in [9.17, 15) is 9.59 Å². The number of hydrogen-bond acceptors (Lipinski definition) is 4. The summed E-state index contributed by atoms with van der Waals surface area (Å²) in [4.78, 5) is 28.1. The number of ketones is 1. The predicted molar refractivity (Wildman–Crippen MR) is 94.8 cm³/mol. The minimum absolute atomic E-state index is 0.0837. The molecule has 0 radical (unpaired) electrons. The van der Waals surface area contributed by atoms with E-state index in [1.165, 1.54) is 0 Å². The fourth-order valence-electron chi connectivity index (χ4n) is 3.46. The van der Waals surface area contributed by atoms with E-state index < -0.39 is 0 Å². The van der Waals surface area contributed by atoms with Crippen molar-refractivity contribution in [2.75, 3.05) is 32.7 Å². The van der Waals surface area contributed by atoms with Crippen LogP contribution in [0.15, 0.2) is 0 Å². The summed E-state index contributed by atoms with van der Waals surface area (Å²) in [5.74, 6) is 0.797. The molecule has 0 aromatic carbocycles. The number of carbonyl (C=O) groups is 2. The van der Waals surface area contributed by atoms with Crippen molar-refractivity contribution in [1.29, 1.82) is 0 Å². The van der Waals surface area contributed by atoms with Crippen molar-refractivity contribution in [2.45, 2.75) is 65.6 Å². The van der Waals surface area contributed by atoms with Gasteiger partial charge in [-0.25, -0.2) is 0 Å². The monoisotopic (exact) mass is 338 g/mol. The Balaban J connectivity index is 1.66. The second-order valence-corrected chi connectivity index (χ2v) is 7.91. The Morgan fingerprint density at radius 2 is 1.38 bits per heavy atom.